The Kier molecular flexibility index (Phi) is 4.34. The molecule has 4 amide bonds. The first-order chi connectivity index (χ1) is 14.0. The van der Waals surface area contributed by atoms with Crippen LogP contribution in [0.1, 0.15) is 43.5 Å². The van der Waals surface area contributed by atoms with Crippen molar-refractivity contribution < 1.29 is 14.4 Å². The minimum Gasteiger partial charge on any atom is -0.340 e. The molecule has 8 heteroatoms. The largest absolute Gasteiger partial charge is 0.340 e. The van der Waals surface area contributed by atoms with Gasteiger partial charge in [-0.15, -0.1) is 11.3 Å². The van der Waals surface area contributed by atoms with E-state index in [-0.39, 0.29) is 30.2 Å². The Morgan fingerprint density at radius 1 is 1.28 bits per heavy atom. The number of carbonyl (C=O) groups excluding carboxylic acids is 3. The highest BCUT2D eigenvalue weighted by Crippen LogP contribution is 2.42. The van der Waals surface area contributed by atoms with E-state index in [4.69, 9.17) is 4.98 Å². The molecule has 2 aliphatic heterocycles. The lowest BCUT2D eigenvalue weighted by molar-refractivity contribution is -0.139. The molecule has 1 N–H and O–H groups in total. The second kappa shape index (κ2) is 6.79. The van der Waals surface area contributed by atoms with Gasteiger partial charge in [-0.25, -0.2) is 9.78 Å². The molecule has 0 unspecified atom stereocenters. The number of hydrogen-bond donors (Lipinski definition) is 1. The number of thiazole rings is 1. The molecular formula is C21H24N4O3S. The minimum absolute atomic E-state index is 0.167. The van der Waals surface area contributed by atoms with Crippen LogP contribution in [0.15, 0.2) is 24.3 Å². The maximum absolute atomic E-state index is 12.9. The Morgan fingerprint density at radius 3 is 2.83 bits per heavy atom. The van der Waals surface area contributed by atoms with Crippen LogP contribution in [0, 0.1) is 5.92 Å². The Morgan fingerprint density at radius 2 is 2.07 bits per heavy atom. The summed E-state index contributed by atoms with van der Waals surface area (Å²) < 4.78 is 1.16. The molecule has 1 aliphatic carbocycles. The molecule has 29 heavy (non-hydrogen) atoms. The normalized spacial score (nSPS) is 27.6. The SMILES string of the molecule is C[C@@]1(C2CC2)NC(=O)N(CC(=O)N2CCC[C@H](c3nc4ccccc4s3)C2)C1=O. The van der Waals surface area contributed by atoms with Crippen molar-refractivity contribution in [2.24, 2.45) is 5.92 Å². The molecule has 2 saturated heterocycles. The van der Waals surface area contributed by atoms with E-state index >= 15 is 0 Å². The number of nitrogens with zero attached hydrogens (tertiary/aromatic N) is 3. The van der Waals surface area contributed by atoms with Gasteiger partial charge < -0.3 is 10.2 Å². The average molecular weight is 413 g/mol. The van der Waals surface area contributed by atoms with Crippen LogP contribution in [0.5, 0.6) is 0 Å². The third-order valence-corrected chi connectivity index (χ3v) is 7.62. The van der Waals surface area contributed by atoms with Gasteiger partial charge in [0.1, 0.15) is 12.1 Å². The predicted octanol–water partition coefficient (Wildman–Crippen LogP) is 2.72. The van der Waals surface area contributed by atoms with Crippen molar-refractivity contribution in [3.8, 4) is 0 Å². The maximum atomic E-state index is 12.9. The molecule has 2 aromatic rings. The number of rotatable bonds is 4. The van der Waals surface area contributed by atoms with Crippen LogP contribution in [-0.4, -0.2) is 57.8 Å². The monoisotopic (exact) mass is 412 g/mol. The van der Waals surface area contributed by atoms with Crippen molar-refractivity contribution in [1.29, 1.82) is 0 Å². The maximum Gasteiger partial charge on any atom is 0.325 e. The van der Waals surface area contributed by atoms with Gasteiger partial charge in [0.15, 0.2) is 0 Å². The fourth-order valence-electron chi connectivity index (χ4n) is 4.50. The highest BCUT2D eigenvalue weighted by atomic mass is 32.1. The first-order valence-electron chi connectivity index (χ1n) is 10.2. The molecule has 5 rings (SSSR count). The molecule has 0 bridgehead atoms. The topological polar surface area (TPSA) is 82.6 Å². The highest BCUT2D eigenvalue weighted by molar-refractivity contribution is 7.18. The standard InChI is InChI=1S/C21H24N4O3S/c1-21(14-8-9-14)19(27)25(20(28)23-21)12-17(26)24-10-4-5-13(11-24)18-22-15-6-2-3-7-16(15)29-18/h2-3,6-7,13-14H,4-5,8-12H2,1H3,(H,23,28)/t13-,21-/m0/s1. The van der Waals surface area contributed by atoms with Gasteiger partial charge in [0.2, 0.25) is 5.91 Å². The third-order valence-electron chi connectivity index (χ3n) is 6.42. The second-order valence-electron chi connectivity index (χ2n) is 8.50. The van der Waals surface area contributed by atoms with E-state index in [0.29, 0.717) is 13.1 Å². The van der Waals surface area contributed by atoms with E-state index in [2.05, 4.69) is 11.4 Å². The van der Waals surface area contributed by atoms with E-state index < -0.39 is 11.6 Å². The van der Waals surface area contributed by atoms with Gasteiger partial charge in [-0.05, 0) is 50.7 Å². The molecule has 1 aromatic heterocycles. The van der Waals surface area contributed by atoms with Crippen molar-refractivity contribution in [3.63, 3.8) is 0 Å². The van der Waals surface area contributed by atoms with E-state index in [1.54, 1.807) is 23.2 Å². The number of likely N-dealkylation sites (tertiary alicyclic amines) is 1. The molecule has 0 spiro atoms. The molecule has 2 atom stereocenters. The summed E-state index contributed by atoms with van der Waals surface area (Å²) in [6, 6.07) is 7.62. The molecule has 3 fully saturated rings. The number of carbonyl (C=O) groups is 3. The van der Waals surface area contributed by atoms with Crippen molar-refractivity contribution in [3.05, 3.63) is 29.3 Å². The number of imide groups is 1. The van der Waals surface area contributed by atoms with Gasteiger partial charge in [0, 0.05) is 19.0 Å². The van der Waals surface area contributed by atoms with Crippen LogP contribution in [0.4, 0.5) is 4.79 Å². The third kappa shape index (κ3) is 3.19. The van der Waals surface area contributed by atoms with E-state index in [0.717, 1.165) is 45.8 Å². The van der Waals surface area contributed by atoms with Gasteiger partial charge in [-0.1, -0.05) is 12.1 Å². The molecule has 7 nitrogen and oxygen atoms in total. The number of aromatic nitrogens is 1. The van der Waals surface area contributed by atoms with Crippen LogP contribution in [-0.2, 0) is 9.59 Å². The number of para-hydroxylation sites is 1. The number of piperidine rings is 1. The quantitative estimate of drug-likeness (QED) is 0.783. The fourth-order valence-corrected chi connectivity index (χ4v) is 5.60. The number of benzene rings is 1. The number of nitrogens with one attached hydrogen (secondary N) is 1. The summed E-state index contributed by atoms with van der Waals surface area (Å²) in [4.78, 5) is 45.7. The summed E-state index contributed by atoms with van der Waals surface area (Å²) >= 11 is 1.68. The summed E-state index contributed by atoms with van der Waals surface area (Å²) in [5.41, 5.74) is 0.151. The van der Waals surface area contributed by atoms with Crippen molar-refractivity contribution in [2.75, 3.05) is 19.6 Å². The lowest BCUT2D eigenvalue weighted by Crippen LogP contribution is -2.48. The van der Waals surface area contributed by atoms with Gasteiger partial charge in [-0.3, -0.25) is 14.5 Å². The van der Waals surface area contributed by atoms with Gasteiger partial charge in [-0.2, -0.15) is 0 Å². The zero-order valence-corrected chi connectivity index (χ0v) is 17.2. The van der Waals surface area contributed by atoms with E-state index in [1.165, 1.54) is 0 Å². The Bertz CT molecular complexity index is 968. The summed E-state index contributed by atoms with van der Waals surface area (Å²) in [7, 11) is 0. The van der Waals surface area contributed by atoms with Gasteiger partial charge in [0.25, 0.3) is 5.91 Å². The minimum atomic E-state index is -0.844. The van der Waals surface area contributed by atoms with Crippen LogP contribution >= 0.6 is 11.3 Å². The van der Waals surface area contributed by atoms with Gasteiger partial charge >= 0.3 is 6.03 Å². The molecule has 3 aliphatic rings. The van der Waals surface area contributed by atoms with E-state index in [1.807, 2.05) is 18.2 Å². The number of amides is 4. The second-order valence-corrected chi connectivity index (χ2v) is 9.56. The average Bonchev–Trinajstić information content (AvgIpc) is 3.46. The lowest BCUT2D eigenvalue weighted by Gasteiger charge is -2.32. The lowest BCUT2D eigenvalue weighted by atomic mass is 9.96. The Balaban J connectivity index is 1.27. The summed E-state index contributed by atoms with van der Waals surface area (Å²) in [6.07, 6.45) is 3.78. The number of hydrogen-bond acceptors (Lipinski definition) is 5. The summed E-state index contributed by atoms with van der Waals surface area (Å²) in [5.74, 6) is -0.0418. The zero-order chi connectivity index (χ0) is 20.2. The smallest absolute Gasteiger partial charge is 0.325 e. The molecular weight excluding hydrogens is 388 g/mol. The molecule has 152 valence electrons. The van der Waals surface area contributed by atoms with Gasteiger partial charge in [0.05, 0.1) is 15.2 Å². The number of urea groups is 1. The summed E-state index contributed by atoms with van der Waals surface area (Å²) in [5, 5.41) is 3.86. The first kappa shape index (κ1) is 18.5. The van der Waals surface area contributed by atoms with Crippen molar-refractivity contribution in [2.45, 2.75) is 44.1 Å². The van der Waals surface area contributed by atoms with Crippen molar-refractivity contribution in [1.82, 2.24) is 20.1 Å². The van der Waals surface area contributed by atoms with Crippen LogP contribution < -0.4 is 5.32 Å². The molecule has 1 saturated carbocycles. The highest BCUT2D eigenvalue weighted by Gasteiger charge is 2.56. The predicted molar refractivity (Wildman–Crippen MR) is 110 cm³/mol. The molecule has 1 aromatic carbocycles. The van der Waals surface area contributed by atoms with E-state index in [9.17, 15) is 14.4 Å². The fraction of sp³-hybridized carbons (Fsp3) is 0.524. The molecule has 0 radical (unpaired) electrons. The number of fused-ring (bicyclic) bond motifs is 1. The summed E-state index contributed by atoms with van der Waals surface area (Å²) in [6.45, 7) is 2.84. The first-order valence-corrected chi connectivity index (χ1v) is 11.0. The molecule has 3 heterocycles. The van der Waals surface area contributed by atoms with Crippen LogP contribution in [0.25, 0.3) is 10.2 Å². The van der Waals surface area contributed by atoms with Crippen LogP contribution in [0.3, 0.4) is 0 Å². The Hall–Kier alpha value is -2.48. The Labute approximate surface area is 173 Å². The van der Waals surface area contributed by atoms with Crippen LogP contribution in [0.2, 0.25) is 0 Å². The zero-order valence-electron chi connectivity index (χ0n) is 16.4. The van der Waals surface area contributed by atoms with Crippen molar-refractivity contribution >= 4 is 39.4 Å².